The molecule has 1 aromatic rings. The minimum Gasteiger partial charge on any atom is -0.380 e. The lowest BCUT2D eigenvalue weighted by Crippen LogP contribution is -2.25. The number of rotatable bonds is 5. The van der Waals surface area contributed by atoms with Crippen LogP contribution < -0.4 is 5.32 Å². The third-order valence-electron chi connectivity index (χ3n) is 2.72. The molecule has 0 heterocycles. The van der Waals surface area contributed by atoms with Crippen LogP contribution in [0, 0.1) is 5.92 Å². The van der Waals surface area contributed by atoms with Gasteiger partial charge in [-0.1, -0.05) is 32.4 Å². The molecule has 0 aliphatic heterocycles. The molecular formula is C16H27N. The molecule has 17 heavy (non-hydrogen) atoms. The fourth-order valence-corrected chi connectivity index (χ4v) is 1.90. The molecule has 0 bridgehead atoms. The summed E-state index contributed by atoms with van der Waals surface area (Å²) in [4.78, 5) is 0. The van der Waals surface area contributed by atoms with E-state index in [-0.39, 0.29) is 5.54 Å². The number of benzene rings is 1. The first-order chi connectivity index (χ1) is 7.87. The first-order valence-corrected chi connectivity index (χ1v) is 6.74. The molecule has 0 spiro atoms. The van der Waals surface area contributed by atoms with Crippen molar-refractivity contribution in [2.24, 2.45) is 5.92 Å². The summed E-state index contributed by atoms with van der Waals surface area (Å²) in [6.45, 7) is 11.1. The monoisotopic (exact) mass is 233 g/mol. The van der Waals surface area contributed by atoms with Gasteiger partial charge in [0.25, 0.3) is 0 Å². The van der Waals surface area contributed by atoms with Crippen LogP contribution in [0.15, 0.2) is 24.3 Å². The van der Waals surface area contributed by atoms with Gasteiger partial charge in [-0.15, -0.1) is 0 Å². The van der Waals surface area contributed by atoms with Gasteiger partial charge in [-0.2, -0.15) is 0 Å². The van der Waals surface area contributed by atoms with Gasteiger partial charge in [-0.3, -0.25) is 0 Å². The largest absolute Gasteiger partial charge is 0.380 e. The van der Waals surface area contributed by atoms with Gasteiger partial charge >= 0.3 is 0 Å². The molecular weight excluding hydrogens is 206 g/mol. The van der Waals surface area contributed by atoms with Crippen LogP contribution in [0.1, 0.15) is 53.0 Å². The standard InChI is InChI=1S/C16H27N/c1-13(2)7-6-8-14-9-11-15(12-10-14)17-16(3,4)5/h9-13,17H,6-8H2,1-5H3. The Morgan fingerprint density at radius 2 is 1.65 bits per heavy atom. The van der Waals surface area contributed by atoms with Crippen molar-refractivity contribution in [2.75, 3.05) is 5.32 Å². The topological polar surface area (TPSA) is 12.0 Å². The van der Waals surface area contributed by atoms with E-state index in [0.717, 1.165) is 5.92 Å². The summed E-state index contributed by atoms with van der Waals surface area (Å²) in [6, 6.07) is 8.87. The highest BCUT2D eigenvalue weighted by atomic mass is 14.9. The van der Waals surface area contributed by atoms with Gasteiger partial charge in [0.2, 0.25) is 0 Å². The fourth-order valence-electron chi connectivity index (χ4n) is 1.90. The Balaban J connectivity index is 2.45. The summed E-state index contributed by atoms with van der Waals surface area (Å²) in [5.41, 5.74) is 2.80. The molecule has 1 heteroatoms. The van der Waals surface area contributed by atoms with Gasteiger partial charge in [0, 0.05) is 11.2 Å². The van der Waals surface area contributed by atoms with Gasteiger partial charge in [-0.05, 0) is 57.2 Å². The molecule has 0 amide bonds. The van der Waals surface area contributed by atoms with E-state index in [1.54, 1.807) is 0 Å². The van der Waals surface area contributed by atoms with E-state index in [1.165, 1.54) is 30.5 Å². The molecule has 0 saturated carbocycles. The van der Waals surface area contributed by atoms with Crippen LogP contribution in [-0.2, 0) is 6.42 Å². The first kappa shape index (κ1) is 14.1. The Hall–Kier alpha value is -0.980. The molecule has 0 aromatic heterocycles. The molecule has 1 aromatic carbocycles. The summed E-state index contributed by atoms with van der Waals surface area (Å²) in [5.74, 6) is 0.817. The zero-order valence-electron chi connectivity index (χ0n) is 12.0. The van der Waals surface area contributed by atoms with Crippen molar-refractivity contribution in [3.05, 3.63) is 29.8 Å². The molecule has 0 atom stereocenters. The average Bonchev–Trinajstić information content (AvgIpc) is 2.18. The molecule has 0 aliphatic carbocycles. The lowest BCUT2D eigenvalue weighted by Gasteiger charge is -2.22. The van der Waals surface area contributed by atoms with Crippen molar-refractivity contribution >= 4 is 5.69 Å². The zero-order valence-corrected chi connectivity index (χ0v) is 12.0. The van der Waals surface area contributed by atoms with Gasteiger partial charge in [-0.25, -0.2) is 0 Å². The summed E-state index contributed by atoms with van der Waals surface area (Å²) >= 11 is 0. The van der Waals surface area contributed by atoms with E-state index in [4.69, 9.17) is 0 Å². The summed E-state index contributed by atoms with van der Waals surface area (Å²) in [7, 11) is 0. The maximum Gasteiger partial charge on any atom is 0.0344 e. The molecule has 1 nitrogen and oxygen atoms in total. The van der Waals surface area contributed by atoms with Crippen molar-refractivity contribution in [2.45, 2.75) is 59.4 Å². The highest BCUT2D eigenvalue weighted by Gasteiger charge is 2.08. The van der Waals surface area contributed by atoms with E-state index in [1.807, 2.05) is 0 Å². The summed E-state index contributed by atoms with van der Waals surface area (Å²) < 4.78 is 0. The first-order valence-electron chi connectivity index (χ1n) is 6.74. The normalized spacial score (nSPS) is 11.9. The van der Waals surface area contributed by atoms with E-state index in [2.05, 4.69) is 64.2 Å². The second-order valence-corrected chi connectivity index (χ2v) is 6.36. The van der Waals surface area contributed by atoms with Crippen LogP contribution in [0.3, 0.4) is 0 Å². The number of aryl methyl sites for hydroxylation is 1. The maximum atomic E-state index is 3.48. The molecule has 1 rings (SSSR count). The molecule has 0 aliphatic rings. The van der Waals surface area contributed by atoms with Gasteiger partial charge < -0.3 is 5.32 Å². The van der Waals surface area contributed by atoms with E-state index < -0.39 is 0 Å². The number of anilines is 1. The van der Waals surface area contributed by atoms with Crippen LogP contribution in [-0.4, -0.2) is 5.54 Å². The molecule has 0 saturated heterocycles. The predicted octanol–water partition coefficient (Wildman–Crippen LogP) is 4.88. The van der Waals surface area contributed by atoms with Crippen molar-refractivity contribution in [1.82, 2.24) is 0 Å². The van der Waals surface area contributed by atoms with Crippen LogP contribution in [0.4, 0.5) is 5.69 Å². The fraction of sp³-hybridized carbons (Fsp3) is 0.625. The van der Waals surface area contributed by atoms with Gasteiger partial charge in [0.15, 0.2) is 0 Å². The molecule has 0 unspecified atom stereocenters. The highest BCUT2D eigenvalue weighted by Crippen LogP contribution is 2.17. The summed E-state index contributed by atoms with van der Waals surface area (Å²) in [5, 5.41) is 3.48. The third kappa shape index (κ3) is 6.35. The van der Waals surface area contributed by atoms with Gasteiger partial charge in [0.05, 0.1) is 0 Å². The number of hydrogen-bond acceptors (Lipinski definition) is 1. The zero-order chi connectivity index (χ0) is 12.9. The average molecular weight is 233 g/mol. The maximum absolute atomic E-state index is 3.48. The number of hydrogen-bond donors (Lipinski definition) is 1. The molecule has 0 fully saturated rings. The highest BCUT2D eigenvalue weighted by molar-refractivity contribution is 5.46. The second-order valence-electron chi connectivity index (χ2n) is 6.36. The van der Waals surface area contributed by atoms with Crippen molar-refractivity contribution < 1.29 is 0 Å². The van der Waals surface area contributed by atoms with Crippen LogP contribution in [0.25, 0.3) is 0 Å². The quantitative estimate of drug-likeness (QED) is 0.764. The molecule has 1 N–H and O–H groups in total. The Morgan fingerprint density at radius 3 is 2.12 bits per heavy atom. The van der Waals surface area contributed by atoms with Crippen LogP contribution in [0.2, 0.25) is 0 Å². The Kier molecular flexibility index (Phi) is 5.04. The summed E-state index contributed by atoms with van der Waals surface area (Å²) in [6.07, 6.45) is 3.82. The van der Waals surface area contributed by atoms with Crippen molar-refractivity contribution in [1.29, 1.82) is 0 Å². The predicted molar refractivity (Wildman–Crippen MR) is 77.6 cm³/mol. The lowest BCUT2D eigenvalue weighted by atomic mass is 10.0. The van der Waals surface area contributed by atoms with E-state index in [0.29, 0.717) is 0 Å². The second kappa shape index (κ2) is 6.09. The van der Waals surface area contributed by atoms with Crippen LogP contribution in [0.5, 0.6) is 0 Å². The Morgan fingerprint density at radius 1 is 1.06 bits per heavy atom. The molecule has 96 valence electrons. The third-order valence-corrected chi connectivity index (χ3v) is 2.72. The number of nitrogens with one attached hydrogen (secondary N) is 1. The van der Waals surface area contributed by atoms with Gasteiger partial charge in [0.1, 0.15) is 0 Å². The lowest BCUT2D eigenvalue weighted by molar-refractivity contribution is 0.556. The van der Waals surface area contributed by atoms with Crippen LogP contribution >= 0.6 is 0 Å². The SMILES string of the molecule is CC(C)CCCc1ccc(NC(C)(C)C)cc1. The minimum atomic E-state index is 0.138. The van der Waals surface area contributed by atoms with E-state index >= 15 is 0 Å². The molecule has 0 radical (unpaired) electrons. The minimum absolute atomic E-state index is 0.138. The van der Waals surface area contributed by atoms with Crippen molar-refractivity contribution in [3.8, 4) is 0 Å². The Bertz CT molecular complexity index is 316. The van der Waals surface area contributed by atoms with E-state index in [9.17, 15) is 0 Å². The van der Waals surface area contributed by atoms with Crippen molar-refractivity contribution in [3.63, 3.8) is 0 Å². The Labute approximate surface area is 107 Å². The smallest absolute Gasteiger partial charge is 0.0344 e.